The SMILES string of the molecule is Cc1cn(CCc2ccccc2)c(CC(=O)c2ccccc2)n1. The summed E-state index contributed by atoms with van der Waals surface area (Å²) in [5.74, 6) is 0.949. The summed E-state index contributed by atoms with van der Waals surface area (Å²) in [5.41, 5.74) is 2.98. The summed E-state index contributed by atoms with van der Waals surface area (Å²) >= 11 is 0. The number of aromatic nitrogens is 2. The van der Waals surface area contributed by atoms with Crippen molar-refractivity contribution in [2.24, 2.45) is 0 Å². The molecule has 0 saturated heterocycles. The second-order valence-electron chi connectivity index (χ2n) is 5.69. The van der Waals surface area contributed by atoms with Crippen molar-refractivity contribution in [1.82, 2.24) is 9.55 Å². The number of hydrogen-bond donors (Lipinski definition) is 0. The maximum atomic E-state index is 12.4. The molecule has 3 aromatic rings. The van der Waals surface area contributed by atoms with Gasteiger partial charge >= 0.3 is 0 Å². The van der Waals surface area contributed by atoms with Crippen molar-refractivity contribution < 1.29 is 4.79 Å². The van der Waals surface area contributed by atoms with Gasteiger partial charge in [-0.05, 0) is 18.9 Å². The Morgan fingerprint density at radius 1 is 1.00 bits per heavy atom. The van der Waals surface area contributed by atoms with E-state index in [4.69, 9.17) is 0 Å². The van der Waals surface area contributed by atoms with E-state index in [-0.39, 0.29) is 5.78 Å². The Labute approximate surface area is 136 Å². The van der Waals surface area contributed by atoms with Gasteiger partial charge in [-0.25, -0.2) is 4.98 Å². The van der Waals surface area contributed by atoms with Crippen molar-refractivity contribution in [2.45, 2.75) is 26.3 Å². The highest BCUT2D eigenvalue weighted by Gasteiger charge is 2.12. The molecule has 1 heterocycles. The number of nitrogens with zero attached hydrogens (tertiary/aromatic N) is 2. The van der Waals surface area contributed by atoms with Gasteiger partial charge in [-0.1, -0.05) is 60.7 Å². The standard InChI is InChI=1S/C20H20N2O/c1-16-15-22(13-12-17-8-4-2-5-9-17)20(21-16)14-19(23)18-10-6-3-7-11-18/h2-11,15H,12-14H2,1H3. The summed E-state index contributed by atoms with van der Waals surface area (Å²) < 4.78 is 2.10. The summed E-state index contributed by atoms with van der Waals surface area (Å²) in [4.78, 5) is 16.9. The number of hydrogen-bond acceptors (Lipinski definition) is 2. The van der Waals surface area contributed by atoms with Crippen LogP contribution in [0.25, 0.3) is 0 Å². The second-order valence-corrected chi connectivity index (χ2v) is 5.69. The van der Waals surface area contributed by atoms with Crippen molar-refractivity contribution in [2.75, 3.05) is 0 Å². The van der Waals surface area contributed by atoms with Crippen LogP contribution >= 0.6 is 0 Å². The maximum Gasteiger partial charge on any atom is 0.170 e. The molecule has 2 aromatic carbocycles. The lowest BCUT2D eigenvalue weighted by Gasteiger charge is -2.08. The minimum atomic E-state index is 0.108. The molecule has 0 atom stereocenters. The van der Waals surface area contributed by atoms with E-state index in [0.717, 1.165) is 30.0 Å². The first-order valence-electron chi connectivity index (χ1n) is 7.87. The highest BCUT2D eigenvalue weighted by atomic mass is 16.1. The van der Waals surface area contributed by atoms with E-state index in [1.54, 1.807) is 0 Å². The second kappa shape index (κ2) is 7.05. The quantitative estimate of drug-likeness (QED) is 0.648. The van der Waals surface area contributed by atoms with Crippen LogP contribution in [0.3, 0.4) is 0 Å². The van der Waals surface area contributed by atoms with Crippen molar-refractivity contribution >= 4 is 5.78 Å². The maximum absolute atomic E-state index is 12.4. The average Bonchev–Trinajstić information content (AvgIpc) is 2.94. The third-order valence-corrected chi connectivity index (χ3v) is 3.88. The Balaban J connectivity index is 1.72. The van der Waals surface area contributed by atoms with Crippen molar-refractivity contribution in [3.05, 3.63) is 89.5 Å². The van der Waals surface area contributed by atoms with Crippen LogP contribution in [0.1, 0.15) is 27.4 Å². The highest BCUT2D eigenvalue weighted by Crippen LogP contribution is 2.10. The first kappa shape index (κ1) is 15.2. The average molecular weight is 304 g/mol. The fourth-order valence-corrected chi connectivity index (χ4v) is 2.70. The van der Waals surface area contributed by atoms with Gasteiger partial charge in [0.25, 0.3) is 0 Å². The molecular formula is C20H20N2O. The molecule has 0 saturated carbocycles. The Hall–Kier alpha value is -2.68. The number of aryl methyl sites for hydroxylation is 3. The first-order valence-corrected chi connectivity index (χ1v) is 7.87. The van der Waals surface area contributed by atoms with Crippen LogP contribution in [0.2, 0.25) is 0 Å². The van der Waals surface area contributed by atoms with Gasteiger partial charge < -0.3 is 4.57 Å². The van der Waals surface area contributed by atoms with Crippen molar-refractivity contribution in [3.8, 4) is 0 Å². The number of carbonyl (C=O) groups excluding carboxylic acids is 1. The molecule has 0 unspecified atom stereocenters. The predicted octanol–water partition coefficient (Wildman–Crippen LogP) is 3.86. The smallest absolute Gasteiger partial charge is 0.170 e. The molecule has 0 fully saturated rings. The molecule has 0 amide bonds. The third-order valence-electron chi connectivity index (χ3n) is 3.88. The highest BCUT2D eigenvalue weighted by molar-refractivity contribution is 5.97. The van der Waals surface area contributed by atoms with Gasteiger partial charge in [0, 0.05) is 18.3 Å². The Kier molecular flexibility index (Phi) is 4.67. The van der Waals surface area contributed by atoms with Crippen LogP contribution in [0.4, 0.5) is 0 Å². The molecule has 116 valence electrons. The molecule has 1 aromatic heterocycles. The molecule has 3 heteroatoms. The molecule has 0 spiro atoms. The number of imidazole rings is 1. The molecule has 3 nitrogen and oxygen atoms in total. The zero-order valence-corrected chi connectivity index (χ0v) is 13.3. The molecular weight excluding hydrogens is 284 g/mol. The van der Waals surface area contributed by atoms with E-state index in [0.29, 0.717) is 6.42 Å². The van der Waals surface area contributed by atoms with E-state index in [9.17, 15) is 4.79 Å². The van der Waals surface area contributed by atoms with Crippen molar-refractivity contribution in [3.63, 3.8) is 0 Å². The van der Waals surface area contributed by atoms with Gasteiger partial charge in [0.2, 0.25) is 0 Å². The molecule has 3 rings (SSSR count). The van der Waals surface area contributed by atoms with Crippen LogP contribution in [0.5, 0.6) is 0 Å². The number of carbonyl (C=O) groups is 1. The Morgan fingerprint density at radius 2 is 1.65 bits per heavy atom. The summed E-state index contributed by atoms with van der Waals surface area (Å²) in [7, 11) is 0. The van der Waals surface area contributed by atoms with Crippen molar-refractivity contribution in [1.29, 1.82) is 0 Å². The van der Waals surface area contributed by atoms with Crippen LogP contribution in [0.15, 0.2) is 66.9 Å². The summed E-state index contributed by atoms with van der Waals surface area (Å²) in [6.45, 7) is 2.80. The van der Waals surface area contributed by atoms with Gasteiger partial charge in [-0.3, -0.25) is 4.79 Å². The molecule has 0 aliphatic rings. The lowest BCUT2D eigenvalue weighted by atomic mass is 10.1. The summed E-state index contributed by atoms with van der Waals surface area (Å²) in [5, 5.41) is 0. The van der Waals surface area contributed by atoms with Crippen LogP contribution in [0, 0.1) is 6.92 Å². The normalized spacial score (nSPS) is 10.7. The molecule has 0 aliphatic carbocycles. The summed E-state index contributed by atoms with van der Waals surface area (Å²) in [6.07, 6.45) is 3.30. The van der Waals surface area contributed by atoms with Crippen LogP contribution in [-0.4, -0.2) is 15.3 Å². The van der Waals surface area contributed by atoms with E-state index in [1.165, 1.54) is 5.56 Å². The van der Waals surface area contributed by atoms with Gasteiger partial charge in [0.05, 0.1) is 12.1 Å². The summed E-state index contributed by atoms with van der Waals surface area (Å²) in [6, 6.07) is 19.8. The number of rotatable bonds is 6. The van der Waals surface area contributed by atoms with Gasteiger partial charge in [-0.2, -0.15) is 0 Å². The molecule has 0 radical (unpaired) electrons. The fraction of sp³-hybridized carbons (Fsp3) is 0.200. The van der Waals surface area contributed by atoms with Gasteiger partial charge in [-0.15, -0.1) is 0 Å². The van der Waals surface area contributed by atoms with E-state index in [2.05, 4.69) is 21.7 Å². The zero-order valence-electron chi connectivity index (χ0n) is 13.3. The Bertz CT molecular complexity index is 776. The lowest BCUT2D eigenvalue weighted by Crippen LogP contribution is -2.11. The van der Waals surface area contributed by atoms with Gasteiger partial charge in [0.15, 0.2) is 5.78 Å². The lowest BCUT2D eigenvalue weighted by molar-refractivity contribution is 0.0989. The minimum Gasteiger partial charge on any atom is -0.334 e. The largest absolute Gasteiger partial charge is 0.334 e. The fourth-order valence-electron chi connectivity index (χ4n) is 2.70. The predicted molar refractivity (Wildman–Crippen MR) is 91.6 cm³/mol. The van der Waals surface area contributed by atoms with Crippen LogP contribution < -0.4 is 0 Å². The topological polar surface area (TPSA) is 34.9 Å². The third kappa shape index (κ3) is 3.95. The number of ketones is 1. The van der Waals surface area contributed by atoms with Crippen LogP contribution in [-0.2, 0) is 19.4 Å². The molecule has 0 bridgehead atoms. The molecule has 0 aliphatic heterocycles. The van der Waals surface area contributed by atoms with E-state index >= 15 is 0 Å². The Morgan fingerprint density at radius 3 is 2.35 bits per heavy atom. The number of Topliss-reactive ketones (excluding diaryl/α,β-unsaturated/α-hetero) is 1. The van der Waals surface area contributed by atoms with Gasteiger partial charge in [0.1, 0.15) is 5.82 Å². The zero-order chi connectivity index (χ0) is 16.1. The van der Waals surface area contributed by atoms with E-state index in [1.807, 2.05) is 61.7 Å². The van der Waals surface area contributed by atoms with E-state index < -0.39 is 0 Å². The molecule has 0 N–H and O–H groups in total. The minimum absolute atomic E-state index is 0.108. The molecule has 23 heavy (non-hydrogen) atoms. The number of benzene rings is 2. The first-order chi connectivity index (χ1) is 11.2. The monoisotopic (exact) mass is 304 g/mol.